The Bertz CT molecular complexity index is 1180. The molecule has 0 aliphatic carbocycles. The third kappa shape index (κ3) is 7.33. The van der Waals surface area contributed by atoms with Crippen LogP contribution in [-0.2, 0) is 36.7 Å². The largest absolute Gasteiger partial charge is 0.497 e. The molecule has 2 saturated heterocycles. The van der Waals surface area contributed by atoms with Crippen molar-refractivity contribution in [3.05, 3.63) is 65.7 Å². The second-order valence-electron chi connectivity index (χ2n) is 9.97. The Labute approximate surface area is 226 Å². The lowest BCUT2D eigenvalue weighted by Gasteiger charge is -2.33. The Kier molecular flexibility index (Phi) is 8.82. The van der Waals surface area contributed by atoms with Crippen LogP contribution in [0.3, 0.4) is 0 Å². The molecule has 2 aliphatic heterocycles. The van der Waals surface area contributed by atoms with Gasteiger partial charge < -0.3 is 35.3 Å². The van der Waals surface area contributed by atoms with Crippen molar-refractivity contribution in [3.8, 4) is 5.75 Å². The maximum absolute atomic E-state index is 13.7. The summed E-state index contributed by atoms with van der Waals surface area (Å²) in [6.45, 7) is 2.39. The van der Waals surface area contributed by atoms with Crippen molar-refractivity contribution < 1.29 is 38.5 Å². The number of carbonyl (C=O) groups excluding carboxylic acids is 3. The molecule has 0 saturated carbocycles. The highest BCUT2D eigenvalue weighted by molar-refractivity contribution is 5.98. The summed E-state index contributed by atoms with van der Waals surface area (Å²) < 4.78 is 15.7. The molecular weight excluding hydrogens is 506 g/mol. The van der Waals surface area contributed by atoms with Crippen molar-refractivity contribution in [2.45, 2.75) is 43.5 Å². The fourth-order valence-electron chi connectivity index (χ4n) is 4.40. The van der Waals surface area contributed by atoms with Gasteiger partial charge in [-0.05, 0) is 36.6 Å². The van der Waals surface area contributed by atoms with Crippen LogP contribution in [0.5, 0.6) is 5.75 Å². The summed E-state index contributed by atoms with van der Waals surface area (Å²) in [6.07, 6.45) is -1.01. The van der Waals surface area contributed by atoms with Gasteiger partial charge in [0.2, 0.25) is 11.8 Å². The molecule has 2 aromatic rings. The molecule has 0 spiro atoms. The van der Waals surface area contributed by atoms with Crippen LogP contribution < -0.4 is 20.7 Å². The van der Waals surface area contributed by atoms with Gasteiger partial charge in [-0.1, -0.05) is 42.5 Å². The van der Waals surface area contributed by atoms with Gasteiger partial charge in [0.15, 0.2) is 5.78 Å². The highest BCUT2D eigenvalue weighted by Crippen LogP contribution is 2.29. The molecule has 4 N–H and O–H groups in total. The van der Waals surface area contributed by atoms with Crippen LogP contribution in [0.25, 0.3) is 0 Å². The van der Waals surface area contributed by atoms with E-state index in [-0.39, 0.29) is 44.4 Å². The number of carboxylic acid groups (broad SMARTS) is 1. The predicted octanol–water partition coefficient (Wildman–Crippen LogP) is 1.09. The molecule has 2 aromatic carbocycles. The minimum atomic E-state index is -1.36. The van der Waals surface area contributed by atoms with Gasteiger partial charge in [0.25, 0.3) is 0 Å². The van der Waals surface area contributed by atoms with Crippen LogP contribution in [0.2, 0.25) is 0 Å². The van der Waals surface area contributed by atoms with E-state index in [1.807, 2.05) is 30.3 Å². The minimum Gasteiger partial charge on any atom is -0.497 e. The zero-order valence-corrected chi connectivity index (χ0v) is 21.8. The SMILES string of the molecule is COc1ccc(CC(NC(=O)[C@@H](NC(=O)O)C2COC2)C(=O)NC(Cc2ccccc2)C(=O)C2(C)CO2)cc1. The van der Waals surface area contributed by atoms with Crippen LogP contribution in [0.15, 0.2) is 54.6 Å². The fourth-order valence-corrected chi connectivity index (χ4v) is 4.40. The maximum Gasteiger partial charge on any atom is 0.405 e. The number of rotatable bonds is 13. The molecule has 208 valence electrons. The molecule has 11 nitrogen and oxygen atoms in total. The summed E-state index contributed by atoms with van der Waals surface area (Å²) in [5.41, 5.74) is 0.614. The zero-order valence-electron chi connectivity index (χ0n) is 21.8. The number of amides is 3. The van der Waals surface area contributed by atoms with E-state index in [1.54, 1.807) is 38.3 Å². The van der Waals surface area contributed by atoms with E-state index in [0.717, 1.165) is 11.1 Å². The topological polar surface area (TPSA) is 156 Å². The molecule has 4 atom stereocenters. The number of benzene rings is 2. The molecule has 4 rings (SSSR count). The lowest BCUT2D eigenvalue weighted by atomic mass is 9.94. The first-order valence-electron chi connectivity index (χ1n) is 12.7. The minimum absolute atomic E-state index is 0.0997. The van der Waals surface area contributed by atoms with Crippen molar-refractivity contribution in [2.75, 3.05) is 26.9 Å². The van der Waals surface area contributed by atoms with E-state index in [1.165, 1.54) is 0 Å². The Hall–Kier alpha value is -3.96. The molecule has 11 heteroatoms. The van der Waals surface area contributed by atoms with Crippen molar-refractivity contribution >= 4 is 23.7 Å². The summed E-state index contributed by atoms with van der Waals surface area (Å²) >= 11 is 0. The van der Waals surface area contributed by atoms with Crippen LogP contribution in [0.1, 0.15) is 18.1 Å². The molecule has 3 amide bonds. The Morgan fingerprint density at radius 2 is 1.51 bits per heavy atom. The average molecular weight is 540 g/mol. The van der Waals surface area contributed by atoms with Crippen LogP contribution >= 0.6 is 0 Å². The lowest BCUT2D eigenvalue weighted by molar-refractivity contribution is -0.136. The number of ether oxygens (including phenoxy) is 3. The van der Waals surface area contributed by atoms with Crippen molar-refractivity contribution in [1.29, 1.82) is 0 Å². The summed E-state index contributed by atoms with van der Waals surface area (Å²) in [6, 6.07) is 13.2. The molecule has 0 bridgehead atoms. The first-order valence-corrected chi connectivity index (χ1v) is 12.7. The summed E-state index contributed by atoms with van der Waals surface area (Å²) in [5, 5.41) is 17.0. The third-order valence-corrected chi connectivity index (χ3v) is 6.94. The molecule has 39 heavy (non-hydrogen) atoms. The van der Waals surface area contributed by atoms with Gasteiger partial charge in [-0.2, -0.15) is 0 Å². The van der Waals surface area contributed by atoms with Gasteiger partial charge in [-0.15, -0.1) is 0 Å². The van der Waals surface area contributed by atoms with Gasteiger partial charge in [0.1, 0.15) is 23.4 Å². The van der Waals surface area contributed by atoms with Crippen LogP contribution in [0, 0.1) is 5.92 Å². The average Bonchev–Trinajstić information content (AvgIpc) is 3.65. The quantitative estimate of drug-likeness (QED) is 0.276. The number of Topliss-reactive ketones (excluding diaryl/α,β-unsaturated/α-hetero) is 1. The normalized spacial score (nSPS) is 20.5. The number of hydrogen-bond acceptors (Lipinski definition) is 7. The number of methoxy groups -OCH3 is 1. The molecular formula is C28H33N3O8. The fraction of sp³-hybridized carbons (Fsp3) is 0.429. The van der Waals surface area contributed by atoms with E-state index in [0.29, 0.717) is 5.75 Å². The zero-order chi connectivity index (χ0) is 28.0. The Morgan fingerprint density at radius 3 is 2.05 bits per heavy atom. The molecule has 0 aromatic heterocycles. The number of epoxide rings is 1. The molecule has 2 aliphatic rings. The standard InChI is InChI=1S/C28H33N3O8/c1-28(16-39-28)24(32)21(12-17-6-4-3-5-7-17)29-25(33)22(13-18-8-10-20(37-2)11-9-18)30-26(34)23(31-27(35)36)19-14-38-15-19/h3-11,19,21-23,31H,12-16H2,1-2H3,(H,29,33)(H,30,34)(H,35,36)/t21?,22?,23-,28?/m0/s1. The van der Waals surface area contributed by atoms with E-state index < -0.39 is 41.6 Å². The molecule has 2 fully saturated rings. The number of nitrogens with one attached hydrogen (secondary N) is 3. The third-order valence-electron chi connectivity index (χ3n) is 6.94. The van der Waals surface area contributed by atoms with Crippen molar-refractivity contribution in [1.82, 2.24) is 16.0 Å². The van der Waals surface area contributed by atoms with Gasteiger partial charge in [0, 0.05) is 12.3 Å². The van der Waals surface area contributed by atoms with E-state index in [2.05, 4.69) is 16.0 Å². The van der Waals surface area contributed by atoms with Gasteiger partial charge >= 0.3 is 6.09 Å². The van der Waals surface area contributed by atoms with E-state index >= 15 is 0 Å². The van der Waals surface area contributed by atoms with E-state index in [4.69, 9.17) is 14.2 Å². The van der Waals surface area contributed by atoms with Crippen molar-refractivity contribution in [2.24, 2.45) is 5.92 Å². The highest BCUT2D eigenvalue weighted by Gasteiger charge is 2.50. The van der Waals surface area contributed by atoms with Gasteiger partial charge in [0.05, 0.1) is 33.0 Å². The molecule has 2 heterocycles. The predicted molar refractivity (Wildman–Crippen MR) is 139 cm³/mol. The highest BCUT2D eigenvalue weighted by atomic mass is 16.6. The Balaban J connectivity index is 1.55. The first kappa shape index (κ1) is 28.1. The summed E-state index contributed by atoms with van der Waals surface area (Å²) in [7, 11) is 1.54. The molecule has 0 radical (unpaired) electrons. The van der Waals surface area contributed by atoms with Gasteiger partial charge in [-0.3, -0.25) is 14.4 Å². The first-order chi connectivity index (χ1) is 18.7. The number of ketones is 1. The second-order valence-corrected chi connectivity index (χ2v) is 9.97. The molecule has 3 unspecified atom stereocenters. The lowest BCUT2D eigenvalue weighted by Crippen LogP contribution is -2.60. The van der Waals surface area contributed by atoms with Crippen LogP contribution in [-0.4, -0.2) is 79.5 Å². The smallest absolute Gasteiger partial charge is 0.405 e. The second kappa shape index (κ2) is 12.3. The maximum atomic E-state index is 13.7. The van der Waals surface area contributed by atoms with Crippen LogP contribution in [0.4, 0.5) is 4.79 Å². The number of hydrogen-bond donors (Lipinski definition) is 4. The summed E-state index contributed by atoms with van der Waals surface area (Å²) in [5.74, 6) is -1.21. The van der Waals surface area contributed by atoms with Crippen molar-refractivity contribution in [3.63, 3.8) is 0 Å². The monoisotopic (exact) mass is 539 g/mol. The summed E-state index contributed by atoms with van der Waals surface area (Å²) in [4.78, 5) is 51.5. The number of carbonyl (C=O) groups is 4. The van der Waals surface area contributed by atoms with Gasteiger partial charge in [-0.25, -0.2) is 4.79 Å². The Morgan fingerprint density at radius 1 is 0.923 bits per heavy atom. The van der Waals surface area contributed by atoms with E-state index in [9.17, 15) is 24.3 Å².